The molecule has 174 valence electrons. The zero-order valence-electron chi connectivity index (χ0n) is 18.5. The molecule has 0 radical (unpaired) electrons. The first-order valence-corrected chi connectivity index (χ1v) is 11.7. The summed E-state index contributed by atoms with van der Waals surface area (Å²) in [7, 11) is 0. The van der Waals surface area contributed by atoms with Gasteiger partial charge in [0.05, 0.1) is 12.0 Å². The number of amides is 2. The van der Waals surface area contributed by atoms with Crippen molar-refractivity contribution in [2.24, 2.45) is 5.10 Å². The lowest BCUT2D eigenvalue weighted by molar-refractivity contribution is -0.135. The second-order valence-corrected chi connectivity index (χ2v) is 8.78. The van der Waals surface area contributed by atoms with Gasteiger partial charge in [0.2, 0.25) is 0 Å². The van der Waals surface area contributed by atoms with Crippen molar-refractivity contribution in [3.8, 4) is 5.75 Å². The maximum Gasteiger partial charge on any atom is 0.281 e. The van der Waals surface area contributed by atoms with Gasteiger partial charge in [-0.15, -0.1) is 0 Å². The van der Waals surface area contributed by atoms with Crippen LogP contribution >= 0.6 is 11.6 Å². The van der Waals surface area contributed by atoms with Gasteiger partial charge in [0, 0.05) is 30.1 Å². The normalized spacial score (nSPS) is 17.7. The first kappa shape index (κ1) is 22.2. The number of halogens is 1. The number of likely N-dealkylation sites (tertiary alicyclic amines) is 1. The third kappa shape index (κ3) is 4.70. The molecule has 1 atom stereocenters. The molecule has 0 N–H and O–H groups in total. The minimum absolute atomic E-state index is 0.0301. The van der Waals surface area contributed by atoms with E-state index < -0.39 is 0 Å². The molecule has 2 amide bonds. The number of hydrogen-bond acceptors (Lipinski definition) is 5. The number of benzene rings is 2. The fraction of sp³-hybridized carbons (Fsp3) is 0.269. The number of furan rings is 1. The number of carbonyl (C=O) groups is 2. The van der Waals surface area contributed by atoms with Crippen LogP contribution in [0.4, 0.5) is 0 Å². The molecule has 1 fully saturated rings. The lowest BCUT2D eigenvalue weighted by atomic mass is 10.0. The van der Waals surface area contributed by atoms with Crippen LogP contribution in [-0.2, 0) is 4.79 Å². The van der Waals surface area contributed by atoms with E-state index in [0.717, 1.165) is 37.2 Å². The third-order valence-electron chi connectivity index (χ3n) is 6.07. The van der Waals surface area contributed by atoms with Gasteiger partial charge in [-0.25, -0.2) is 5.01 Å². The standard InChI is InChI=1S/C26H24ClN3O4/c27-20-9-5-18(6-10-20)22-16-23(24-4-3-15-33-24)30(28-22)25(31)17-34-21-11-7-19(8-12-21)26(32)29-13-1-2-14-29/h3-12,15,23H,1-2,13-14,16-17H2. The Balaban J connectivity index is 1.27. The second-order valence-electron chi connectivity index (χ2n) is 8.34. The molecular weight excluding hydrogens is 454 g/mol. The Morgan fingerprint density at radius 1 is 1.03 bits per heavy atom. The number of rotatable bonds is 6. The minimum atomic E-state index is -0.350. The van der Waals surface area contributed by atoms with Crippen molar-refractivity contribution in [2.45, 2.75) is 25.3 Å². The van der Waals surface area contributed by atoms with Gasteiger partial charge in [-0.3, -0.25) is 9.59 Å². The fourth-order valence-corrected chi connectivity index (χ4v) is 4.39. The predicted molar refractivity (Wildman–Crippen MR) is 128 cm³/mol. The molecule has 2 aliphatic rings. The summed E-state index contributed by atoms with van der Waals surface area (Å²) < 4.78 is 11.3. The van der Waals surface area contributed by atoms with Crippen molar-refractivity contribution >= 4 is 29.1 Å². The Hall–Kier alpha value is -3.58. The molecule has 1 aromatic heterocycles. The topological polar surface area (TPSA) is 75.4 Å². The summed E-state index contributed by atoms with van der Waals surface area (Å²) >= 11 is 6.01. The zero-order valence-corrected chi connectivity index (χ0v) is 19.3. The van der Waals surface area contributed by atoms with Gasteiger partial charge in [0.1, 0.15) is 17.6 Å². The van der Waals surface area contributed by atoms with Crippen molar-refractivity contribution in [2.75, 3.05) is 19.7 Å². The van der Waals surface area contributed by atoms with E-state index in [1.165, 1.54) is 5.01 Å². The van der Waals surface area contributed by atoms with Gasteiger partial charge >= 0.3 is 0 Å². The maximum absolute atomic E-state index is 13.1. The monoisotopic (exact) mass is 477 g/mol. The first-order valence-electron chi connectivity index (χ1n) is 11.3. The summed E-state index contributed by atoms with van der Waals surface area (Å²) in [5, 5.41) is 6.65. The number of ether oxygens (including phenoxy) is 1. The summed E-state index contributed by atoms with van der Waals surface area (Å²) in [5.41, 5.74) is 2.29. The average molecular weight is 478 g/mol. The van der Waals surface area contributed by atoms with E-state index in [1.54, 1.807) is 48.7 Å². The Bertz CT molecular complexity index is 1180. The minimum Gasteiger partial charge on any atom is -0.484 e. The van der Waals surface area contributed by atoms with Crippen LogP contribution in [0.5, 0.6) is 5.75 Å². The van der Waals surface area contributed by atoms with Crippen LogP contribution < -0.4 is 4.74 Å². The van der Waals surface area contributed by atoms with E-state index in [0.29, 0.717) is 28.5 Å². The smallest absolute Gasteiger partial charge is 0.281 e. The van der Waals surface area contributed by atoms with E-state index in [2.05, 4.69) is 5.10 Å². The lowest BCUT2D eigenvalue weighted by Gasteiger charge is -2.20. The molecule has 3 aromatic rings. The van der Waals surface area contributed by atoms with E-state index in [9.17, 15) is 9.59 Å². The van der Waals surface area contributed by atoms with Gasteiger partial charge in [0.25, 0.3) is 11.8 Å². The maximum atomic E-state index is 13.1. The number of hydrogen-bond donors (Lipinski definition) is 0. The quantitative estimate of drug-likeness (QED) is 0.504. The number of carbonyl (C=O) groups excluding carboxylic acids is 2. The van der Waals surface area contributed by atoms with Crippen LogP contribution in [0, 0.1) is 0 Å². The SMILES string of the molecule is O=C(c1ccc(OCC(=O)N2N=C(c3ccc(Cl)cc3)CC2c2ccco2)cc1)N1CCCC1. The van der Waals surface area contributed by atoms with Crippen LogP contribution in [0.3, 0.4) is 0 Å². The third-order valence-corrected chi connectivity index (χ3v) is 6.32. The van der Waals surface area contributed by atoms with Crippen LogP contribution in [0.15, 0.2) is 76.4 Å². The van der Waals surface area contributed by atoms with Gasteiger partial charge in [0.15, 0.2) is 6.61 Å². The van der Waals surface area contributed by atoms with Crippen LogP contribution in [0.2, 0.25) is 5.02 Å². The molecule has 0 bridgehead atoms. The average Bonchev–Trinajstić information content (AvgIpc) is 3.64. The molecule has 1 saturated heterocycles. The molecule has 34 heavy (non-hydrogen) atoms. The van der Waals surface area contributed by atoms with Crippen LogP contribution in [0.25, 0.3) is 0 Å². The summed E-state index contributed by atoms with van der Waals surface area (Å²) in [4.78, 5) is 27.4. The fourth-order valence-electron chi connectivity index (χ4n) is 4.27. The number of nitrogens with zero attached hydrogens (tertiary/aromatic N) is 3. The van der Waals surface area contributed by atoms with Crippen LogP contribution in [-0.4, -0.2) is 47.1 Å². The van der Waals surface area contributed by atoms with Gasteiger partial charge < -0.3 is 14.1 Å². The Morgan fingerprint density at radius 2 is 1.76 bits per heavy atom. The molecular formula is C26H24ClN3O4. The van der Waals surface area contributed by atoms with Crippen molar-refractivity contribution in [1.29, 1.82) is 0 Å². The van der Waals surface area contributed by atoms with Crippen molar-refractivity contribution in [1.82, 2.24) is 9.91 Å². The lowest BCUT2D eigenvalue weighted by Crippen LogP contribution is -2.31. The molecule has 2 aromatic carbocycles. The molecule has 7 nitrogen and oxygen atoms in total. The van der Waals surface area contributed by atoms with E-state index in [4.69, 9.17) is 20.8 Å². The van der Waals surface area contributed by atoms with E-state index >= 15 is 0 Å². The molecule has 5 rings (SSSR count). The summed E-state index contributed by atoms with van der Waals surface area (Å²) in [5.74, 6) is 0.915. The second kappa shape index (κ2) is 9.73. The molecule has 0 aliphatic carbocycles. The molecule has 0 saturated carbocycles. The Labute approximate surface area is 202 Å². The zero-order chi connectivity index (χ0) is 23.5. The highest BCUT2D eigenvalue weighted by atomic mass is 35.5. The van der Waals surface area contributed by atoms with E-state index in [-0.39, 0.29) is 24.5 Å². The molecule has 1 unspecified atom stereocenters. The Morgan fingerprint density at radius 3 is 2.44 bits per heavy atom. The van der Waals surface area contributed by atoms with Crippen molar-refractivity contribution in [3.63, 3.8) is 0 Å². The molecule has 8 heteroatoms. The number of hydrazone groups is 1. The molecule has 0 spiro atoms. The molecule has 3 heterocycles. The van der Waals surface area contributed by atoms with Crippen LogP contribution in [0.1, 0.15) is 47.0 Å². The highest BCUT2D eigenvalue weighted by Crippen LogP contribution is 2.33. The summed E-state index contributed by atoms with van der Waals surface area (Å²) in [6.07, 6.45) is 4.20. The first-order chi connectivity index (χ1) is 16.6. The van der Waals surface area contributed by atoms with Crippen molar-refractivity contribution < 1.29 is 18.7 Å². The largest absolute Gasteiger partial charge is 0.484 e. The van der Waals surface area contributed by atoms with Crippen molar-refractivity contribution in [3.05, 3.63) is 88.8 Å². The predicted octanol–water partition coefficient (Wildman–Crippen LogP) is 4.93. The van der Waals surface area contributed by atoms with Gasteiger partial charge in [-0.2, -0.15) is 5.10 Å². The summed E-state index contributed by atoms with van der Waals surface area (Å²) in [6.45, 7) is 1.42. The Kier molecular flexibility index (Phi) is 6.36. The highest BCUT2D eigenvalue weighted by molar-refractivity contribution is 6.30. The van der Waals surface area contributed by atoms with Gasteiger partial charge in [-0.05, 0) is 66.9 Å². The summed E-state index contributed by atoms with van der Waals surface area (Å²) in [6, 6.07) is 17.5. The van der Waals surface area contributed by atoms with E-state index in [1.807, 2.05) is 23.1 Å². The van der Waals surface area contributed by atoms with Gasteiger partial charge in [-0.1, -0.05) is 23.7 Å². The molecule has 2 aliphatic heterocycles. The highest BCUT2D eigenvalue weighted by Gasteiger charge is 2.35.